The molecule has 0 aliphatic carbocycles. The van der Waals surface area contributed by atoms with Crippen molar-refractivity contribution < 1.29 is 28.2 Å². The molecular weight excluding hydrogens is 384 g/mol. The van der Waals surface area contributed by atoms with E-state index in [9.17, 15) is 28.2 Å². The van der Waals surface area contributed by atoms with Gasteiger partial charge in [-0.15, -0.1) is 0 Å². The van der Waals surface area contributed by atoms with Crippen molar-refractivity contribution >= 4 is 32.9 Å². The maximum atomic E-state index is 12.5. The van der Waals surface area contributed by atoms with Crippen LogP contribution >= 0.6 is 0 Å². The van der Waals surface area contributed by atoms with Crippen LogP contribution in [-0.2, 0) is 14.8 Å². The predicted molar refractivity (Wildman–Crippen MR) is 105 cm³/mol. The fraction of sp³-hybridized carbons (Fsp3) is 0.368. The van der Waals surface area contributed by atoms with Gasteiger partial charge in [0.2, 0.25) is 10.0 Å². The van der Waals surface area contributed by atoms with Gasteiger partial charge in [0.1, 0.15) is 6.04 Å². The maximum absolute atomic E-state index is 12.5. The number of nitrogens with zero attached hydrogens (tertiary/aromatic N) is 1. The molecule has 8 nitrogen and oxygen atoms in total. The number of carbonyl (C=O) groups is 2. The first-order valence-electron chi connectivity index (χ1n) is 8.82. The van der Waals surface area contributed by atoms with Gasteiger partial charge in [0, 0.05) is 13.1 Å². The van der Waals surface area contributed by atoms with Crippen molar-refractivity contribution in [1.82, 2.24) is 9.62 Å². The zero-order valence-corrected chi connectivity index (χ0v) is 16.5. The quantitative estimate of drug-likeness (QED) is 0.586. The molecule has 0 saturated heterocycles. The lowest BCUT2D eigenvalue weighted by Gasteiger charge is -2.27. The van der Waals surface area contributed by atoms with Crippen LogP contribution in [0.5, 0.6) is 0 Å². The summed E-state index contributed by atoms with van der Waals surface area (Å²) in [6, 6.07) is 10.8. The van der Waals surface area contributed by atoms with E-state index in [-0.39, 0.29) is 30.3 Å². The molecule has 0 spiro atoms. The Kier molecular flexibility index (Phi) is 6.98. The van der Waals surface area contributed by atoms with Gasteiger partial charge in [-0.1, -0.05) is 44.2 Å². The third kappa shape index (κ3) is 5.43. The first kappa shape index (κ1) is 21.6. The van der Waals surface area contributed by atoms with Crippen molar-refractivity contribution in [3.63, 3.8) is 0 Å². The van der Waals surface area contributed by atoms with Gasteiger partial charge < -0.3 is 10.2 Å². The van der Waals surface area contributed by atoms with E-state index in [0.29, 0.717) is 0 Å². The molecule has 0 bridgehead atoms. The van der Waals surface area contributed by atoms with E-state index in [2.05, 4.69) is 4.72 Å². The molecule has 2 aromatic rings. The summed E-state index contributed by atoms with van der Waals surface area (Å²) in [4.78, 5) is 23.7. The second-order valence-electron chi connectivity index (χ2n) is 6.87. The number of sulfonamides is 1. The second kappa shape index (κ2) is 9.03. The largest absolute Gasteiger partial charge is 0.480 e. The van der Waals surface area contributed by atoms with Crippen LogP contribution in [0.2, 0.25) is 0 Å². The summed E-state index contributed by atoms with van der Waals surface area (Å²) in [6.45, 7) is 3.08. The number of hydrogen-bond donors (Lipinski definition) is 3. The van der Waals surface area contributed by atoms with Gasteiger partial charge in [-0.2, -0.15) is 0 Å². The molecule has 0 saturated carbocycles. The van der Waals surface area contributed by atoms with Crippen LogP contribution in [-0.4, -0.2) is 54.7 Å². The van der Waals surface area contributed by atoms with Crippen LogP contribution in [0.25, 0.3) is 10.8 Å². The Bertz CT molecular complexity index is 958. The van der Waals surface area contributed by atoms with Gasteiger partial charge in [-0.3, -0.25) is 4.90 Å². The summed E-state index contributed by atoms with van der Waals surface area (Å²) in [5.41, 5.74) is 0. The van der Waals surface area contributed by atoms with E-state index in [4.69, 9.17) is 0 Å². The minimum Gasteiger partial charge on any atom is -0.480 e. The van der Waals surface area contributed by atoms with Crippen LogP contribution < -0.4 is 4.72 Å². The number of benzene rings is 2. The Hall–Kier alpha value is -2.65. The number of amides is 1. The third-order valence-corrected chi connectivity index (χ3v) is 5.74. The van der Waals surface area contributed by atoms with E-state index in [1.54, 1.807) is 32.0 Å². The zero-order chi connectivity index (χ0) is 20.9. The van der Waals surface area contributed by atoms with Gasteiger partial charge in [0.05, 0.1) is 4.90 Å². The van der Waals surface area contributed by atoms with Gasteiger partial charge >= 0.3 is 12.1 Å². The topological polar surface area (TPSA) is 124 Å². The van der Waals surface area contributed by atoms with Crippen LogP contribution in [0.3, 0.4) is 0 Å². The summed E-state index contributed by atoms with van der Waals surface area (Å²) >= 11 is 0. The highest BCUT2D eigenvalue weighted by molar-refractivity contribution is 7.89. The van der Waals surface area contributed by atoms with Crippen LogP contribution in [0, 0.1) is 5.92 Å². The standard InChI is InChI=1S/C19H24N2O6S/c1-13(2)11-17(18(22)23)21(19(24)25)10-9-20-28(26,27)16-8-7-14-5-3-4-6-15(14)12-16/h3-8,12-13,17,20H,9-11H2,1-2H3,(H,22,23)(H,24,25). The molecule has 0 radical (unpaired) electrons. The molecule has 0 heterocycles. The van der Waals surface area contributed by atoms with Gasteiger partial charge in [-0.25, -0.2) is 22.7 Å². The van der Waals surface area contributed by atoms with Crippen molar-refractivity contribution in [3.8, 4) is 0 Å². The van der Waals surface area contributed by atoms with Crippen molar-refractivity contribution in [2.24, 2.45) is 5.92 Å². The van der Waals surface area contributed by atoms with Crippen LogP contribution in [0.1, 0.15) is 20.3 Å². The molecule has 9 heteroatoms. The lowest BCUT2D eigenvalue weighted by molar-refractivity contribution is -0.143. The highest BCUT2D eigenvalue weighted by Gasteiger charge is 2.30. The number of hydrogen-bond acceptors (Lipinski definition) is 4. The average molecular weight is 408 g/mol. The van der Waals surface area contributed by atoms with E-state index in [0.717, 1.165) is 15.7 Å². The maximum Gasteiger partial charge on any atom is 0.408 e. The van der Waals surface area contributed by atoms with Crippen molar-refractivity contribution in [2.75, 3.05) is 13.1 Å². The number of aliphatic carboxylic acids is 1. The molecule has 2 aromatic carbocycles. The molecule has 0 aliphatic heterocycles. The number of fused-ring (bicyclic) bond motifs is 1. The van der Waals surface area contributed by atoms with Crippen molar-refractivity contribution in [3.05, 3.63) is 42.5 Å². The third-order valence-electron chi connectivity index (χ3n) is 4.28. The summed E-state index contributed by atoms with van der Waals surface area (Å²) in [5.74, 6) is -1.29. The molecule has 28 heavy (non-hydrogen) atoms. The molecule has 1 atom stereocenters. The van der Waals surface area contributed by atoms with E-state index >= 15 is 0 Å². The first-order valence-corrected chi connectivity index (χ1v) is 10.3. The summed E-state index contributed by atoms with van der Waals surface area (Å²) in [7, 11) is -3.86. The Morgan fingerprint density at radius 2 is 1.71 bits per heavy atom. The normalized spacial score (nSPS) is 12.8. The van der Waals surface area contributed by atoms with E-state index in [1.807, 2.05) is 12.1 Å². The van der Waals surface area contributed by atoms with Gasteiger partial charge in [0.25, 0.3) is 0 Å². The zero-order valence-electron chi connectivity index (χ0n) is 15.7. The molecule has 2 rings (SSSR count). The number of nitrogens with one attached hydrogen (secondary N) is 1. The van der Waals surface area contributed by atoms with Crippen LogP contribution in [0.15, 0.2) is 47.4 Å². The first-order chi connectivity index (χ1) is 13.1. The molecule has 152 valence electrons. The molecule has 1 amide bonds. The minimum atomic E-state index is -3.86. The SMILES string of the molecule is CC(C)CC(C(=O)O)N(CCNS(=O)(=O)c1ccc2ccccc2c1)C(=O)O. The molecule has 3 N–H and O–H groups in total. The van der Waals surface area contributed by atoms with Gasteiger partial charge in [0.15, 0.2) is 0 Å². The molecular formula is C19H24N2O6S. The molecule has 0 aromatic heterocycles. The summed E-state index contributed by atoms with van der Waals surface area (Å²) in [5, 5.41) is 20.4. The number of carboxylic acid groups (broad SMARTS) is 2. The highest BCUT2D eigenvalue weighted by Crippen LogP contribution is 2.19. The second-order valence-corrected chi connectivity index (χ2v) is 8.63. The van der Waals surface area contributed by atoms with Crippen LogP contribution in [0.4, 0.5) is 4.79 Å². The molecule has 0 aliphatic rings. The smallest absolute Gasteiger partial charge is 0.408 e. The minimum absolute atomic E-state index is 0.0303. The lowest BCUT2D eigenvalue weighted by atomic mass is 10.0. The van der Waals surface area contributed by atoms with E-state index < -0.39 is 28.1 Å². The predicted octanol–water partition coefficient (Wildman–Crippen LogP) is 2.60. The van der Waals surface area contributed by atoms with Gasteiger partial charge in [-0.05, 0) is 35.2 Å². The van der Waals surface area contributed by atoms with Crippen molar-refractivity contribution in [2.45, 2.75) is 31.2 Å². The van der Waals surface area contributed by atoms with Crippen molar-refractivity contribution in [1.29, 1.82) is 0 Å². The Morgan fingerprint density at radius 1 is 1.07 bits per heavy atom. The highest BCUT2D eigenvalue weighted by atomic mass is 32.2. The Labute approximate surface area is 163 Å². The average Bonchev–Trinajstić information content (AvgIpc) is 2.62. The summed E-state index contributed by atoms with van der Waals surface area (Å²) < 4.78 is 27.4. The fourth-order valence-corrected chi connectivity index (χ4v) is 3.97. The lowest BCUT2D eigenvalue weighted by Crippen LogP contribution is -2.48. The fourth-order valence-electron chi connectivity index (χ4n) is 2.91. The monoisotopic (exact) mass is 408 g/mol. The van der Waals surface area contributed by atoms with E-state index in [1.165, 1.54) is 12.1 Å². The number of rotatable bonds is 9. The molecule has 1 unspecified atom stereocenters. The number of carboxylic acids is 1. The summed E-state index contributed by atoms with van der Waals surface area (Å²) in [6.07, 6.45) is -1.27. The molecule has 0 fully saturated rings. The Balaban J connectivity index is 2.11. The Morgan fingerprint density at radius 3 is 2.29 bits per heavy atom.